The molecule has 3 saturated heterocycles. The molecule has 2 aromatic carbocycles. The van der Waals surface area contributed by atoms with E-state index in [1.165, 1.54) is 18.2 Å². The lowest BCUT2D eigenvalue weighted by Crippen LogP contribution is -2.52. The van der Waals surface area contributed by atoms with Gasteiger partial charge in [0.15, 0.2) is 5.82 Å². The fraction of sp³-hybridized carbons (Fsp3) is 0.424. The van der Waals surface area contributed by atoms with E-state index in [0.29, 0.717) is 31.6 Å². The second-order valence-corrected chi connectivity index (χ2v) is 12.3. The number of alkyl halides is 2. The molecule has 4 aliphatic rings. The number of pyridine rings is 1. The largest absolute Gasteiger partial charge is 0.461 e. The number of benzene rings is 2. The maximum absolute atomic E-state index is 16.8. The van der Waals surface area contributed by atoms with Crippen molar-refractivity contribution in [3.8, 4) is 29.6 Å². The number of nitrogens with zero attached hydrogens (tertiary/aromatic N) is 5. The number of rotatable bonds is 4. The first-order valence-corrected chi connectivity index (χ1v) is 15.1. The van der Waals surface area contributed by atoms with Crippen molar-refractivity contribution >= 4 is 27.5 Å². The van der Waals surface area contributed by atoms with Gasteiger partial charge in [-0.15, -0.1) is 6.42 Å². The Balaban J connectivity index is 1.37. The second-order valence-electron chi connectivity index (χ2n) is 12.3. The molecule has 7 nitrogen and oxygen atoms in total. The van der Waals surface area contributed by atoms with Gasteiger partial charge in [0.05, 0.1) is 16.5 Å². The van der Waals surface area contributed by atoms with E-state index >= 15 is 13.2 Å². The number of piperazine rings is 1. The highest BCUT2D eigenvalue weighted by molar-refractivity contribution is 6.03. The van der Waals surface area contributed by atoms with E-state index < -0.39 is 35.7 Å². The Hall–Kier alpha value is -4.01. The van der Waals surface area contributed by atoms with Gasteiger partial charge in [0.25, 0.3) is 5.92 Å². The number of fused-ring (bicyclic) bond motifs is 4. The van der Waals surface area contributed by atoms with Crippen LogP contribution in [0.2, 0.25) is 0 Å². The molecule has 1 unspecified atom stereocenters. The molecule has 4 aliphatic heterocycles. The van der Waals surface area contributed by atoms with Crippen LogP contribution in [0.4, 0.5) is 23.4 Å². The molecule has 226 valence electrons. The van der Waals surface area contributed by atoms with E-state index in [1.54, 1.807) is 17.0 Å². The lowest BCUT2D eigenvalue weighted by Gasteiger charge is -2.37. The number of nitrogens with one attached hydrogen (secondary N) is 1. The van der Waals surface area contributed by atoms with E-state index in [1.807, 2.05) is 0 Å². The van der Waals surface area contributed by atoms with Gasteiger partial charge in [0.1, 0.15) is 35.1 Å². The predicted molar refractivity (Wildman–Crippen MR) is 159 cm³/mol. The van der Waals surface area contributed by atoms with Gasteiger partial charge in [-0.3, -0.25) is 4.90 Å². The Kier molecular flexibility index (Phi) is 6.26. The van der Waals surface area contributed by atoms with Crippen LogP contribution >= 0.6 is 0 Å². The van der Waals surface area contributed by atoms with Crippen LogP contribution in [0.25, 0.3) is 32.9 Å². The van der Waals surface area contributed by atoms with Crippen LogP contribution in [-0.2, 0) is 5.92 Å². The molecule has 11 heteroatoms. The number of hydrogen-bond donors (Lipinski definition) is 1. The van der Waals surface area contributed by atoms with E-state index in [9.17, 15) is 4.39 Å². The van der Waals surface area contributed by atoms with E-state index in [4.69, 9.17) is 11.2 Å². The molecule has 8 rings (SSSR count). The number of hydrogen-bond acceptors (Lipinski definition) is 7. The van der Waals surface area contributed by atoms with Crippen LogP contribution in [-0.4, -0.2) is 70.8 Å². The summed E-state index contributed by atoms with van der Waals surface area (Å²) in [4.78, 5) is 17.7. The van der Waals surface area contributed by atoms with Crippen LogP contribution in [0, 0.1) is 24.0 Å². The first kappa shape index (κ1) is 27.5. The second kappa shape index (κ2) is 10.0. The Bertz CT molecular complexity index is 1860. The SMILES string of the molecule is C#Cc1c(F)ccc2cccc(-c3nc4c5c(nc(OCC67CCCN6CCC7)nc5c3F)N3CCNCC3CC4(F)F)c12. The average Bonchev–Trinajstić information content (AvgIpc) is 3.58. The van der Waals surface area contributed by atoms with Gasteiger partial charge in [0.2, 0.25) is 0 Å². The van der Waals surface area contributed by atoms with Crippen LogP contribution in [0.3, 0.4) is 0 Å². The van der Waals surface area contributed by atoms with Gasteiger partial charge < -0.3 is 15.0 Å². The molecular formula is C33H30F4N6O. The quantitative estimate of drug-likeness (QED) is 0.249. The molecular weight excluding hydrogens is 572 g/mol. The molecule has 6 heterocycles. The molecule has 0 aliphatic carbocycles. The lowest BCUT2D eigenvalue weighted by atomic mass is 9.95. The van der Waals surface area contributed by atoms with Crippen LogP contribution in [0.1, 0.15) is 43.4 Å². The zero-order valence-electron chi connectivity index (χ0n) is 24.0. The van der Waals surface area contributed by atoms with E-state index in [2.05, 4.69) is 31.1 Å². The van der Waals surface area contributed by atoms with Crippen molar-refractivity contribution in [1.29, 1.82) is 0 Å². The summed E-state index contributed by atoms with van der Waals surface area (Å²) < 4.78 is 70.4. The fourth-order valence-corrected chi connectivity index (χ4v) is 7.82. The van der Waals surface area contributed by atoms with Crippen molar-refractivity contribution in [3.63, 3.8) is 0 Å². The molecule has 4 aromatic rings. The molecule has 0 bridgehead atoms. The van der Waals surface area contributed by atoms with Gasteiger partial charge in [-0.05, 0) is 50.2 Å². The van der Waals surface area contributed by atoms with Crippen molar-refractivity contribution in [2.24, 2.45) is 0 Å². The summed E-state index contributed by atoms with van der Waals surface area (Å²) in [6, 6.07) is 6.94. The summed E-state index contributed by atoms with van der Waals surface area (Å²) in [5.41, 5.74) is -1.38. The summed E-state index contributed by atoms with van der Waals surface area (Å²) in [7, 11) is 0. The topological polar surface area (TPSA) is 66.4 Å². The van der Waals surface area contributed by atoms with Crippen molar-refractivity contribution in [3.05, 3.63) is 53.2 Å². The van der Waals surface area contributed by atoms with E-state index in [-0.39, 0.29) is 50.5 Å². The first-order chi connectivity index (χ1) is 21.3. The average molecular weight is 603 g/mol. The van der Waals surface area contributed by atoms with Crippen LogP contribution in [0.15, 0.2) is 30.3 Å². The number of aromatic nitrogens is 3. The minimum Gasteiger partial charge on any atom is -0.461 e. The lowest BCUT2D eigenvalue weighted by molar-refractivity contribution is -0.0224. The molecule has 0 saturated carbocycles. The maximum atomic E-state index is 16.8. The highest BCUT2D eigenvalue weighted by Gasteiger charge is 2.47. The third-order valence-electron chi connectivity index (χ3n) is 9.88. The minimum atomic E-state index is -3.43. The molecule has 3 fully saturated rings. The first-order valence-electron chi connectivity index (χ1n) is 15.1. The van der Waals surface area contributed by atoms with Gasteiger partial charge in [0, 0.05) is 43.0 Å². The predicted octanol–water partition coefficient (Wildman–Crippen LogP) is 5.39. The highest BCUT2D eigenvalue weighted by Crippen LogP contribution is 2.47. The van der Waals surface area contributed by atoms with Crippen molar-refractivity contribution in [2.75, 3.05) is 44.2 Å². The Morgan fingerprint density at radius 2 is 1.84 bits per heavy atom. The van der Waals surface area contributed by atoms with Crippen molar-refractivity contribution in [2.45, 2.75) is 49.6 Å². The Morgan fingerprint density at radius 3 is 2.64 bits per heavy atom. The van der Waals surface area contributed by atoms with Crippen molar-refractivity contribution < 1.29 is 22.3 Å². The number of terminal acetylenes is 1. The van der Waals surface area contributed by atoms with Gasteiger partial charge in [-0.2, -0.15) is 18.7 Å². The number of anilines is 1. The number of ether oxygens (including phenoxy) is 1. The third kappa shape index (κ3) is 4.07. The molecule has 2 aromatic heterocycles. The molecule has 1 N–H and O–H groups in total. The normalized spacial score (nSPS) is 22.1. The highest BCUT2D eigenvalue weighted by atomic mass is 19.3. The Morgan fingerprint density at radius 1 is 1.02 bits per heavy atom. The molecule has 0 spiro atoms. The summed E-state index contributed by atoms with van der Waals surface area (Å²) in [6.45, 7) is 3.61. The molecule has 0 radical (unpaired) electrons. The van der Waals surface area contributed by atoms with E-state index in [0.717, 1.165) is 38.8 Å². The third-order valence-corrected chi connectivity index (χ3v) is 9.88. The van der Waals surface area contributed by atoms with Crippen LogP contribution in [0.5, 0.6) is 6.01 Å². The van der Waals surface area contributed by atoms with Gasteiger partial charge in [-0.1, -0.05) is 30.2 Å². The number of halogens is 4. The molecule has 0 amide bonds. The molecule has 44 heavy (non-hydrogen) atoms. The van der Waals surface area contributed by atoms with Crippen LogP contribution < -0.4 is 15.0 Å². The summed E-state index contributed by atoms with van der Waals surface area (Å²) in [5, 5.41) is 3.82. The smallest absolute Gasteiger partial charge is 0.319 e. The minimum absolute atomic E-state index is 0.0570. The fourth-order valence-electron chi connectivity index (χ4n) is 7.82. The standard InChI is InChI=1S/C33H30F4N6O/c1-2-21-23(34)9-8-19-6-3-7-22(24(19)21)27-26(35)28-25-29(39-27)33(36,37)16-20-17-38-12-15-43(20)30(25)41-31(40-28)44-18-32-10-4-13-42(32)14-5-11-32/h1,3,6-9,20,38H,4-5,10-18H2. The Labute approximate surface area is 251 Å². The molecule has 1 atom stereocenters. The zero-order valence-corrected chi connectivity index (χ0v) is 24.0. The van der Waals surface area contributed by atoms with Crippen molar-refractivity contribution in [1.82, 2.24) is 25.2 Å². The summed E-state index contributed by atoms with van der Waals surface area (Å²) in [6.07, 6.45) is 9.25. The van der Waals surface area contributed by atoms with Gasteiger partial charge in [-0.25, -0.2) is 13.8 Å². The summed E-state index contributed by atoms with van der Waals surface area (Å²) in [5.74, 6) is -2.48. The monoisotopic (exact) mass is 602 g/mol. The maximum Gasteiger partial charge on any atom is 0.319 e. The van der Waals surface area contributed by atoms with Gasteiger partial charge >= 0.3 is 6.01 Å². The summed E-state index contributed by atoms with van der Waals surface area (Å²) >= 11 is 0. The zero-order chi connectivity index (χ0) is 30.2.